The third-order valence-electron chi connectivity index (χ3n) is 3.47. The summed E-state index contributed by atoms with van der Waals surface area (Å²) in [5.74, 6) is 1.84. The van der Waals surface area contributed by atoms with Gasteiger partial charge in [0.1, 0.15) is 11.5 Å². The Hall–Kier alpha value is -1.59. The van der Waals surface area contributed by atoms with Crippen LogP contribution >= 0.6 is 11.3 Å². The van der Waals surface area contributed by atoms with Crippen molar-refractivity contribution in [2.75, 3.05) is 20.3 Å². The van der Waals surface area contributed by atoms with Gasteiger partial charge in [-0.2, -0.15) is 0 Å². The fraction of sp³-hybridized carbons (Fsp3) is 0.400. The molecule has 3 rings (SSSR count). The predicted molar refractivity (Wildman–Crippen MR) is 79.7 cm³/mol. The average molecular weight is 290 g/mol. The van der Waals surface area contributed by atoms with Gasteiger partial charge in [0.25, 0.3) is 0 Å². The van der Waals surface area contributed by atoms with Crippen molar-refractivity contribution in [3.63, 3.8) is 0 Å². The van der Waals surface area contributed by atoms with Gasteiger partial charge in [-0.3, -0.25) is 0 Å². The summed E-state index contributed by atoms with van der Waals surface area (Å²) < 4.78 is 11.0. The van der Waals surface area contributed by atoms with E-state index in [1.54, 1.807) is 18.4 Å². The zero-order valence-electron chi connectivity index (χ0n) is 11.5. The van der Waals surface area contributed by atoms with Crippen molar-refractivity contribution >= 4 is 11.3 Å². The summed E-state index contributed by atoms with van der Waals surface area (Å²) in [5.41, 5.74) is 1.19. The summed E-state index contributed by atoms with van der Waals surface area (Å²) >= 11 is 1.71. The Morgan fingerprint density at radius 1 is 1.50 bits per heavy atom. The molecule has 1 aliphatic rings. The molecule has 0 fully saturated rings. The Labute approximate surface area is 122 Å². The molecule has 0 amide bonds. The number of methoxy groups -OCH3 is 1. The van der Waals surface area contributed by atoms with Crippen LogP contribution in [0, 0.1) is 0 Å². The van der Waals surface area contributed by atoms with Crippen LogP contribution in [0.1, 0.15) is 23.0 Å². The van der Waals surface area contributed by atoms with Gasteiger partial charge < -0.3 is 14.8 Å². The molecule has 0 bridgehead atoms. The third-order valence-corrected chi connectivity index (χ3v) is 4.31. The number of benzene rings is 1. The molecule has 1 atom stereocenters. The largest absolute Gasteiger partial charge is 0.497 e. The summed E-state index contributed by atoms with van der Waals surface area (Å²) in [4.78, 5) is 4.30. The zero-order valence-corrected chi connectivity index (χ0v) is 12.3. The minimum Gasteiger partial charge on any atom is -0.497 e. The van der Waals surface area contributed by atoms with Gasteiger partial charge in [0.15, 0.2) is 0 Å². The van der Waals surface area contributed by atoms with Gasteiger partial charge in [-0.1, -0.05) is 0 Å². The maximum absolute atomic E-state index is 5.70. The number of thiazole rings is 1. The zero-order chi connectivity index (χ0) is 13.8. The fourth-order valence-corrected chi connectivity index (χ4v) is 3.06. The first-order valence-electron chi connectivity index (χ1n) is 6.79. The second-order valence-electron chi connectivity index (χ2n) is 4.72. The second kappa shape index (κ2) is 6.24. The van der Waals surface area contributed by atoms with Gasteiger partial charge in [0.05, 0.1) is 18.7 Å². The van der Waals surface area contributed by atoms with E-state index in [2.05, 4.69) is 16.4 Å². The van der Waals surface area contributed by atoms with Crippen molar-refractivity contribution in [2.24, 2.45) is 0 Å². The van der Waals surface area contributed by atoms with Crippen molar-refractivity contribution in [3.05, 3.63) is 40.3 Å². The van der Waals surface area contributed by atoms with Crippen molar-refractivity contribution in [1.29, 1.82) is 0 Å². The molecule has 1 aromatic carbocycles. The summed E-state index contributed by atoms with van der Waals surface area (Å²) in [7, 11) is 1.69. The highest BCUT2D eigenvalue weighted by atomic mass is 32.1. The molecule has 4 nitrogen and oxygen atoms in total. The third kappa shape index (κ3) is 2.94. The SMILES string of the molecule is COc1ccc2c(c1)C(NCCc1nccs1)CCO2. The standard InChI is InChI=1S/C15H18N2O2S/c1-18-11-2-3-14-12(10-11)13(5-8-19-14)16-6-4-15-17-7-9-20-15/h2-3,7,9-10,13,16H,4-6,8H2,1H3. The molecule has 0 spiro atoms. The number of rotatable bonds is 5. The maximum Gasteiger partial charge on any atom is 0.124 e. The van der Waals surface area contributed by atoms with Gasteiger partial charge in [-0.25, -0.2) is 4.98 Å². The molecule has 20 heavy (non-hydrogen) atoms. The Balaban J connectivity index is 1.66. The van der Waals surface area contributed by atoms with Gasteiger partial charge in [-0.05, 0) is 18.2 Å². The van der Waals surface area contributed by atoms with Crippen LogP contribution in [-0.2, 0) is 6.42 Å². The van der Waals surface area contributed by atoms with E-state index in [4.69, 9.17) is 9.47 Å². The van der Waals surface area contributed by atoms with Crippen LogP contribution in [0.2, 0.25) is 0 Å². The molecule has 0 saturated carbocycles. The van der Waals surface area contributed by atoms with Crippen LogP contribution in [0.5, 0.6) is 11.5 Å². The first-order valence-corrected chi connectivity index (χ1v) is 7.67. The van der Waals surface area contributed by atoms with Gasteiger partial charge >= 0.3 is 0 Å². The number of nitrogens with zero attached hydrogens (tertiary/aromatic N) is 1. The molecule has 5 heteroatoms. The average Bonchev–Trinajstić information content (AvgIpc) is 3.00. The number of aromatic nitrogens is 1. The van der Waals surface area contributed by atoms with E-state index >= 15 is 0 Å². The number of hydrogen-bond acceptors (Lipinski definition) is 5. The fourth-order valence-electron chi connectivity index (χ4n) is 2.44. The van der Waals surface area contributed by atoms with E-state index in [0.717, 1.165) is 37.5 Å². The summed E-state index contributed by atoms with van der Waals surface area (Å²) in [5, 5.41) is 6.79. The second-order valence-corrected chi connectivity index (χ2v) is 5.70. The highest BCUT2D eigenvalue weighted by molar-refractivity contribution is 7.09. The number of nitrogens with one attached hydrogen (secondary N) is 1. The Bertz CT molecular complexity index is 557. The van der Waals surface area contributed by atoms with E-state index in [-0.39, 0.29) is 0 Å². The monoisotopic (exact) mass is 290 g/mol. The number of hydrogen-bond donors (Lipinski definition) is 1. The lowest BCUT2D eigenvalue weighted by atomic mass is 10.00. The minimum absolute atomic E-state index is 0.328. The van der Waals surface area contributed by atoms with Crippen LogP contribution in [0.25, 0.3) is 0 Å². The quantitative estimate of drug-likeness (QED) is 0.919. The molecular formula is C15H18N2O2S. The van der Waals surface area contributed by atoms with Crippen LogP contribution in [0.3, 0.4) is 0 Å². The topological polar surface area (TPSA) is 43.4 Å². The van der Waals surface area contributed by atoms with Crippen molar-refractivity contribution in [2.45, 2.75) is 18.9 Å². The molecule has 0 aliphatic carbocycles. The molecule has 0 saturated heterocycles. The summed E-state index contributed by atoms with van der Waals surface area (Å²) in [6.07, 6.45) is 3.81. The van der Waals surface area contributed by atoms with Crippen molar-refractivity contribution < 1.29 is 9.47 Å². The van der Waals surface area contributed by atoms with E-state index in [0.29, 0.717) is 6.04 Å². The lowest BCUT2D eigenvalue weighted by molar-refractivity contribution is 0.252. The molecule has 0 radical (unpaired) electrons. The van der Waals surface area contributed by atoms with E-state index in [9.17, 15) is 0 Å². The molecule has 1 aliphatic heterocycles. The number of ether oxygens (including phenoxy) is 2. The molecule has 2 heterocycles. The van der Waals surface area contributed by atoms with E-state index in [1.165, 1.54) is 10.6 Å². The van der Waals surface area contributed by atoms with Crippen LogP contribution in [0.4, 0.5) is 0 Å². The molecule has 1 aromatic heterocycles. The maximum atomic E-state index is 5.70. The Morgan fingerprint density at radius 3 is 3.25 bits per heavy atom. The first kappa shape index (κ1) is 13.4. The van der Waals surface area contributed by atoms with Crippen LogP contribution in [0.15, 0.2) is 29.8 Å². The van der Waals surface area contributed by atoms with Gasteiger partial charge in [0, 0.05) is 42.6 Å². The van der Waals surface area contributed by atoms with Crippen molar-refractivity contribution in [3.8, 4) is 11.5 Å². The predicted octanol–water partition coefficient (Wildman–Crippen LogP) is 2.81. The first-order chi connectivity index (χ1) is 9.86. The van der Waals surface area contributed by atoms with Crippen LogP contribution in [-0.4, -0.2) is 25.2 Å². The molecule has 106 valence electrons. The molecule has 1 N–H and O–H groups in total. The Kier molecular flexibility index (Phi) is 4.18. The highest BCUT2D eigenvalue weighted by Crippen LogP contribution is 2.34. The minimum atomic E-state index is 0.328. The summed E-state index contributed by atoms with van der Waals surface area (Å²) in [6.45, 7) is 1.68. The molecular weight excluding hydrogens is 272 g/mol. The summed E-state index contributed by atoms with van der Waals surface area (Å²) in [6, 6.07) is 6.32. The lowest BCUT2D eigenvalue weighted by Gasteiger charge is -2.27. The van der Waals surface area contributed by atoms with E-state index < -0.39 is 0 Å². The highest BCUT2D eigenvalue weighted by Gasteiger charge is 2.21. The smallest absolute Gasteiger partial charge is 0.124 e. The normalized spacial score (nSPS) is 17.4. The number of fused-ring (bicyclic) bond motifs is 1. The molecule has 1 unspecified atom stereocenters. The molecule has 2 aromatic rings. The van der Waals surface area contributed by atoms with Gasteiger partial charge in [0.2, 0.25) is 0 Å². The lowest BCUT2D eigenvalue weighted by Crippen LogP contribution is -2.28. The van der Waals surface area contributed by atoms with Crippen molar-refractivity contribution in [1.82, 2.24) is 10.3 Å². The van der Waals surface area contributed by atoms with E-state index in [1.807, 2.05) is 23.7 Å². The Morgan fingerprint density at radius 2 is 2.45 bits per heavy atom. The van der Waals surface area contributed by atoms with Crippen LogP contribution < -0.4 is 14.8 Å². The van der Waals surface area contributed by atoms with Gasteiger partial charge in [-0.15, -0.1) is 11.3 Å².